The van der Waals surface area contributed by atoms with Crippen LogP contribution in [-0.4, -0.2) is 66.9 Å². The third kappa shape index (κ3) is 5.71. The van der Waals surface area contributed by atoms with Gasteiger partial charge in [-0.25, -0.2) is 4.79 Å². The molecule has 0 radical (unpaired) electrons. The van der Waals surface area contributed by atoms with Crippen molar-refractivity contribution in [2.24, 2.45) is 11.7 Å². The van der Waals surface area contributed by atoms with Crippen LogP contribution in [0.15, 0.2) is 48.5 Å². The number of carbonyl (C=O) groups excluding carboxylic acids is 1. The fourth-order valence-electron chi connectivity index (χ4n) is 5.87. The third-order valence-corrected chi connectivity index (χ3v) is 7.85. The van der Waals surface area contributed by atoms with Crippen LogP contribution in [-0.2, 0) is 10.3 Å². The summed E-state index contributed by atoms with van der Waals surface area (Å²) < 4.78 is 5.28. The Morgan fingerprint density at radius 1 is 1.03 bits per heavy atom. The molecule has 0 aromatic heterocycles. The summed E-state index contributed by atoms with van der Waals surface area (Å²) in [5.74, 6) is -0.0378. The van der Waals surface area contributed by atoms with E-state index in [4.69, 9.17) is 10.5 Å². The summed E-state index contributed by atoms with van der Waals surface area (Å²) in [6, 6.07) is 16.8. The molecule has 0 aliphatic carbocycles. The first-order chi connectivity index (χ1) is 16.9. The number of rotatable bonds is 8. The highest BCUT2D eigenvalue weighted by Gasteiger charge is 2.43. The Bertz CT molecular complexity index is 997. The number of urea groups is 1. The first kappa shape index (κ1) is 25.7. The van der Waals surface area contributed by atoms with Crippen LogP contribution in [0.5, 0.6) is 0 Å². The molecule has 2 saturated heterocycles. The second-order valence-corrected chi connectivity index (χ2v) is 10.3. The number of unbranched alkanes of at least 4 members (excludes halogenated alkanes) is 1. The third-order valence-electron chi connectivity index (χ3n) is 7.85. The van der Waals surface area contributed by atoms with Gasteiger partial charge in [0.2, 0.25) is 0 Å². The van der Waals surface area contributed by atoms with Gasteiger partial charge < -0.3 is 25.4 Å². The van der Waals surface area contributed by atoms with Crippen LogP contribution in [0.2, 0.25) is 0 Å². The number of amides is 2. The predicted octanol–water partition coefficient (Wildman–Crippen LogP) is 4.53. The summed E-state index contributed by atoms with van der Waals surface area (Å²) in [4.78, 5) is 17.1. The number of piperidine rings is 1. The zero-order chi connectivity index (χ0) is 24.8. The van der Waals surface area contributed by atoms with Crippen LogP contribution in [0, 0.1) is 12.8 Å². The Balaban J connectivity index is 1.65. The summed E-state index contributed by atoms with van der Waals surface area (Å²) in [6.07, 6.45) is 5.04. The lowest BCUT2D eigenvalue weighted by molar-refractivity contribution is -0.0571. The Kier molecular flexibility index (Phi) is 8.47. The van der Waals surface area contributed by atoms with Crippen molar-refractivity contribution in [1.29, 1.82) is 0 Å². The van der Waals surface area contributed by atoms with Crippen LogP contribution in [0.25, 0.3) is 11.1 Å². The summed E-state index contributed by atoms with van der Waals surface area (Å²) in [5, 5.41) is 12.5. The minimum atomic E-state index is -1.03. The first-order valence-electron chi connectivity index (χ1n) is 13.1. The zero-order valence-electron chi connectivity index (χ0n) is 21.3. The Hall–Kier alpha value is -2.41. The van der Waals surface area contributed by atoms with Crippen molar-refractivity contribution in [1.82, 2.24) is 9.80 Å². The molecule has 2 heterocycles. The lowest BCUT2D eigenvalue weighted by Crippen LogP contribution is -2.51. The van der Waals surface area contributed by atoms with Crippen LogP contribution in [0.4, 0.5) is 4.79 Å². The minimum Gasteiger partial charge on any atom is -0.385 e. The highest BCUT2D eigenvalue weighted by atomic mass is 16.5. The van der Waals surface area contributed by atoms with E-state index in [0.29, 0.717) is 26.1 Å². The minimum absolute atomic E-state index is 0.0378. The number of aryl methyl sites for hydroxylation is 1. The monoisotopic (exact) mass is 479 g/mol. The van der Waals surface area contributed by atoms with E-state index in [0.717, 1.165) is 61.9 Å². The van der Waals surface area contributed by atoms with E-state index in [9.17, 15) is 9.90 Å². The topological polar surface area (TPSA) is 79.0 Å². The van der Waals surface area contributed by atoms with Crippen molar-refractivity contribution in [3.8, 4) is 11.1 Å². The summed E-state index contributed by atoms with van der Waals surface area (Å²) >= 11 is 0. The molecule has 2 fully saturated rings. The Morgan fingerprint density at radius 2 is 1.74 bits per heavy atom. The molecule has 4 rings (SSSR count). The van der Waals surface area contributed by atoms with Crippen molar-refractivity contribution in [3.05, 3.63) is 59.7 Å². The van der Waals surface area contributed by atoms with Gasteiger partial charge >= 0.3 is 6.03 Å². The average molecular weight is 480 g/mol. The van der Waals surface area contributed by atoms with Crippen molar-refractivity contribution < 1.29 is 14.6 Å². The molecule has 3 N–H and O–H groups in total. The molecule has 1 unspecified atom stereocenters. The fraction of sp³-hybridized carbons (Fsp3) is 0.552. The molecule has 2 amide bonds. The number of hydrogen-bond acceptors (Lipinski definition) is 4. The molecule has 190 valence electrons. The molecule has 6 nitrogen and oxygen atoms in total. The lowest BCUT2D eigenvalue weighted by Gasteiger charge is -2.44. The van der Waals surface area contributed by atoms with Gasteiger partial charge in [0, 0.05) is 51.9 Å². The van der Waals surface area contributed by atoms with E-state index in [2.05, 4.69) is 37.3 Å². The molecular weight excluding hydrogens is 438 g/mol. The number of carbonyl (C=O) groups is 1. The van der Waals surface area contributed by atoms with E-state index < -0.39 is 5.60 Å². The van der Waals surface area contributed by atoms with Crippen molar-refractivity contribution in [2.75, 3.05) is 39.9 Å². The molecule has 35 heavy (non-hydrogen) atoms. The van der Waals surface area contributed by atoms with Gasteiger partial charge in [-0.3, -0.25) is 0 Å². The molecule has 0 bridgehead atoms. The number of benzene rings is 2. The smallest absolute Gasteiger partial charge is 0.320 e. The van der Waals surface area contributed by atoms with Gasteiger partial charge in [0.1, 0.15) is 0 Å². The molecule has 0 saturated carbocycles. The highest BCUT2D eigenvalue weighted by molar-refractivity contribution is 5.75. The Labute approximate surface area is 210 Å². The van der Waals surface area contributed by atoms with E-state index in [1.807, 2.05) is 28.0 Å². The molecule has 2 aromatic rings. The Morgan fingerprint density at radius 3 is 2.46 bits per heavy atom. The summed E-state index contributed by atoms with van der Waals surface area (Å²) in [7, 11) is 1.72. The molecule has 3 atom stereocenters. The normalized spacial score (nSPS) is 22.3. The maximum Gasteiger partial charge on any atom is 0.320 e. The van der Waals surface area contributed by atoms with E-state index in [-0.39, 0.29) is 18.0 Å². The summed E-state index contributed by atoms with van der Waals surface area (Å²) in [5.41, 5.74) is 9.41. The maximum absolute atomic E-state index is 13.3. The van der Waals surface area contributed by atoms with Crippen molar-refractivity contribution >= 4 is 6.03 Å². The van der Waals surface area contributed by atoms with Gasteiger partial charge in [-0.1, -0.05) is 48.5 Å². The van der Waals surface area contributed by atoms with Crippen LogP contribution in [0.3, 0.4) is 0 Å². The quantitative estimate of drug-likeness (QED) is 0.545. The van der Waals surface area contributed by atoms with Gasteiger partial charge in [0.15, 0.2) is 0 Å². The first-order valence-corrected chi connectivity index (χ1v) is 13.1. The van der Waals surface area contributed by atoms with Crippen LogP contribution in [0.1, 0.15) is 49.7 Å². The fourth-order valence-corrected chi connectivity index (χ4v) is 5.87. The van der Waals surface area contributed by atoms with E-state index in [1.54, 1.807) is 7.11 Å². The molecule has 2 aliphatic rings. The van der Waals surface area contributed by atoms with Crippen molar-refractivity contribution in [3.63, 3.8) is 0 Å². The summed E-state index contributed by atoms with van der Waals surface area (Å²) in [6.45, 7) is 5.44. The van der Waals surface area contributed by atoms with Crippen LogP contribution < -0.4 is 5.73 Å². The molecule has 6 heteroatoms. The zero-order valence-corrected chi connectivity index (χ0v) is 21.3. The van der Waals surface area contributed by atoms with Crippen molar-refractivity contribution in [2.45, 2.75) is 57.1 Å². The molecule has 2 aliphatic heterocycles. The number of likely N-dealkylation sites (tertiary alicyclic amines) is 2. The number of hydrogen-bond donors (Lipinski definition) is 2. The average Bonchev–Trinajstić information content (AvgIpc) is 3.32. The van der Waals surface area contributed by atoms with Gasteiger partial charge in [0.25, 0.3) is 0 Å². The number of ether oxygens (including phenoxy) is 1. The largest absolute Gasteiger partial charge is 0.385 e. The number of methoxy groups -OCH3 is 1. The van der Waals surface area contributed by atoms with Gasteiger partial charge in [0.05, 0.1) is 5.60 Å². The highest BCUT2D eigenvalue weighted by Crippen LogP contribution is 2.44. The predicted molar refractivity (Wildman–Crippen MR) is 140 cm³/mol. The second-order valence-electron chi connectivity index (χ2n) is 10.3. The van der Waals surface area contributed by atoms with Crippen LogP contribution >= 0.6 is 0 Å². The second kappa shape index (κ2) is 11.5. The molecule has 2 aromatic carbocycles. The number of nitrogens with zero attached hydrogens (tertiary/aromatic N) is 2. The number of nitrogens with two attached hydrogens (primary N) is 1. The van der Waals surface area contributed by atoms with Gasteiger partial charge in [-0.2, -0.15) is 0 Å². The van der Waals surface area contributed by atoms with Gasteiger partial charge in [-0.15, -0.1) is 0 Å². The molecule has 0 spiro atoms. The number of aliphatic hydroxyl groups is 1. The van der Waals surface area contributed by atoms with E-state index >= 15 is 0 Å². The van der Waals surface area contributed by atoms with E-state index in [1.165, 1.54) is 5.56 Å². The lowest BCUT2D eigenvalue weighted by atomic mass is 9.72. The standard InChI is InChI=1S/C29H41N3O3/c1-22-10-3-4-12-25(22)26-13-5-6-14-27(26)29(34,16-7-8-19-35-2)23-11-9-17-31(20-23)28(33)32-18-15-24(30)21-32/h3-6,10,12-14,23-24,34H,7-9,11,15-21,30H2,1-2H3/t23-,24?,29+/m1/s1. The SMILES string of the molecule is COCCCC[C@@](O)(c1ccccc1-c1ccccc1C)[C@@H]1CCCN(C(=O)N2CCC(N)C2)C1. The maximum atomic E-state index is 13.3. The van der Waals surface area contributed by atoms with Gasteiger partial charge in [-0.05, 0) is 67.7 Å². The molecular formula is C29H41N3O3.